The Bertz CT molecular complexity index is 796. The van der Waals surface area contributed by atoms with E-state index in [0.29, 0.717) is 11.6 Å². The Morgan fingerprint density at radius 1 is 1.10 bits per heavy atom. The standard InChI is InChI=1S/C15H13BrN4O/c1-8-7-12(9(2)19-18-8)14-13(15(17)21-20-14)10-3-5-11(16)6-4-10/h3-7H,17H2,1-2H3. The van der Waals surface area contributed by atoms with Crippen molar-refractivity contribution in [2.75, 3.05) is 5.73 Å². The molecule has 106 valence electrons. The van der Waals surface area contributed by atoms with Crippen molar-refractivity contribution in [3.8, 4) is 22.4 Å². The number of nitrogens with zero attached hydrogens (tertiary/aromatic N) is 3. The van der Waals surface area contributed by atoms with Crippen LogP contribution in [0.3, 0.4) is 0 Å². The van der Waals surface area contributed by atoms with E-state index in [4.69, 9.17) is 10.3 Å². The Hall–Kier alpha value is -2.21. The molecule has 2 heterocycles. The SMILES string of the molecule is Cc1cc(-c2noc(N)c2-c2ccc(Br)cc2)c(C)nn1. The van der Waals surface area contributed by atoms with Gasteiger partial charge in [-0.1, -0.05) is 33.2 Å². The maximum atomic E-state index is 5.96. The zero-order valence-corrected chi connectivity index (χ0v) is 13.2. The lowest BCUT2D eigenvalue weighted by Gasteiger charge is -2.05. The first kappa shape index (κ1) is 13.8. The van der Waals surface area contributed by atoms with Crippen LogP contribution < -0.4 is 5.73 Å². The van der Waals surface area contributed by atoms with E-state index in [-0.39, 0.29) is 0 Å². The van der Waals surface area contributed by atoms with E-state index >= 15 is 0 Å². The summed E-state index contributed by atoms with van der Waals surface area (Å²) < 4.78 is 6.20. The Labute approximate surface area is 130 Å². The fraction of sp³-hybridized carbons (Fsp3) is 0.133. The fourth-order valence-corrected chi connectivity index (χ4v) is 2.44. The molecule has 1 aromatic carbocycles. The van der Waals surface area contributed by atoms with E-state index in [9.17, 15) is 0 Å². The van der Waals surface area contributed by atoms with Crippen molar-refractivity contribution < 1.29 is 4.52 Å². The van der Waals surface area contributed by atoms with E-state index in [0.717, 1.165) is 32.6 Å². The predicted octanol–water partition coefficient (Wildman–Crippen LogP) is 3.76. The largest absolute Gasteiger partial charge is 0.367 e. The summed E-state index contributed by atoms with van der Waals surface area (Å²) in [6, 6.07) is 9.77. The zero-order chi connectivity index (χ0) is 15.0. The highest BCUT2D eigenvalue weighted by molar-refractivity contribution is 9.10. The van der Waals surface area contributed by atoms with Crippen LogP contribution in [-0.4, -0.2) is 15.4 Å². The van der Waals surface area contributed by atoms with Gasteiger partial charge in [-0.3, -0.25) is 0 Å². The van der Waals surface area contributed by atoms with Crippen LogP contribution in [0.1, 0.15) is 11.4 Å². The number of halogens is 1. The van der Waals surface area contributed by atoms with Crippen molar-refractivity contribution >= 4 is 21.8 Å². The first-order chi connectivity index (χ1) is 10.1. The second-order valence-electron chi connectivity index (χ2n) is 4.76. The van der Waals surface area contributed by atoms with Gasteiger partial charge in [0, 0.05) is 10.0 Å². The number of hydrogen-bond donors (Lipinski definition) is 1. The monoisotopic (exact) mass is 344 g/mol. The minimum Gasteiger partial charge on any atom is -0.367 e. The molecule has 0 spiro atoms. The highest BCUT2D eigenvalue weighted by Gasteiger charge is 2.19. The van der Waals surface area contributed by atoms with E-state index < -0.39 is 0 Å². The van der Waals surface area contributed by atoms with Crippen LogP contribution in [0.25, 0.3) is 22.4 Å². The Balaban J connectivity index is 2.21. The van der Waals surface area contributed by atoms with Crippen LogP contribution in [0.5, 0.6) is 0 Å². The highest BCUT2D eigenvalue weighted by atomic mass is 79.9. The van der Waals surface area contributed by atoms with Crippen molar-refractivity contribution in [2.24, 2.45) is 0 Å². The molecule has 0 aliphatic rings. The number of aromatic nitrogens is 3. The average molecular weight is 345 g/mol. The molecule has 0 radical (unpaired) electrons. The molecule has 0 saturated heterocycles. The van der Waals surface area contributed by atoms with Gasteiger partial charge in [-0.2, -0.15) is 10.2 Å². The third kappa shape index (κ3) is 2.54. The fourth-order valence-electron chi connectivity index (χ4n) is 2.17. The maximum Gasteiger partial charge on any atom is 0.230 e. The number of anilines is 1. The second-order valence-corrected chi connectivity index (χ2v) is 5.68. The normalized spacial score (nSPS) is 10.8. The molecule has 0 saturated carbocycles. The second kappa shape index (κ2) is 5.29. The van der Waals surface area contributed by atoms with E-state index in [1.165, 1.54) is 0 Å². The van der Waals surface area contributed by atoms with Crippen molar-refractivity contribution in [1.29, 1.82) is 0 Å². The van der Waals surface area contributed by atoms with Gasteiger partial charge >= 0.3 is 0 Å². The third-order valence-corrected chi connectivity index (χ3v) is 3.74. The summed E-state index contributed by atoms with van der Waals surface area (Å²) >= 11 is 3.42. The topological polar surface area (TPSA) is 77.8 Å². The van der Waals surface area contributed by atoms with E-state index in [1.807, 2.05) is 44.2 Å². The number of benzene rings is 1. The van der Waals surface area contributed by atoms with Crippen LogP contribution in [0.2, 0.25) is 0 Å². The van der Waals surface area contributed by atoms with Crippen molar-refractivity contribution in [3.05, 3.63) is 46.2 Å². The van der Waals surface area contributed by atoms with Gasteiger partial charge in [-0.15, -0.1) is 0 Å². The predicted molar refractivity (Wildman–Crippen MR) is 84.6 cm³/mol. The van der Waals surface area contributed by atoms with Gasteiger partial charge in [-0.25, -0.2) is 0 Å². The molecule has 5 nitrogen and oxygen atoms in total. The molecular formula is C15H13BrN4O. The molecule has 0 fully saturated rings. The van der Waals surface area contributed by atoms with Crippen molar-refractivity contribution in [2.45, 2.75) is 13.8 Å². The van der Waals surface area contributed by atoms with E-state index in [2.05, 4.69) is 31.3 Å². The number of aryl methyl sites for hydroxylation is 2. The average Bonchev–Trinajstić information content (AvgIpc) is 2.84. The quantitative estimate of drug-likeness (QED) is 0.765. The van der Waals surface area contributed by atoms with Crippen LogP contribution in [0.15, 0.2) is 39.3 Å². The summed E-state index contributed by atoms with van der Waals surface area (Å²) in [4.78, 5) is 0. The van der Waals surface area contributed by atoms with Crippen molar-refractivity contribution in [1.82, 2.24) is 15.4 Å². The van der Waals surface area contributed by atoms with E-state index in [1.54, 1.807) is 0 Å². The summed E-state index contributed by atoms with van der Waals surface area (Å²) in [7, 11) is 0. The van der Waals surface area contributed by atoms with Gasteiger partial charge in [0.05, 0.1) is 17.0 Å². The van der Waals surface area contributed by atoms with Gasteiger partial charge < -0.3 is 10.3 Å². The van der Waals surface area contributed by atoms with Crippen molar-refractivity contribution in [3.63, 3.8) is 0 Å². The van der Waals surface area contributed by atoms with Gasteiger partial charge in [0.25, 0.3) is 0 Å². The Morgan fingerprint density at radius 3 is 2.52 bits per heavy atom. The molecule has 0 aliphatic heterocycles. The Kier molecular flexibility index (Phi) is 3.47. The zero-order valence-electron chi connectivity index (χ0n) is 11.6. The summed E-state index contributed by atoms with van der Waals surface area (Å²) in [6.45, 7) is 3.77. The van der Waals surface area contributed by atoms with Gasteiger partial charge in [-0.05, 0) is 37.6 Å². The molecule has 0 aliphatic carbocycles. The molecule has 2 N–H and O–H groups in total. The maximum absolute atomic E-state index is 5.96. The number of rotatable bonds is 2. The summed E-state index contributed by atoms with van der Waals surface area (Å²) in [5, 5.41) is 12.3. The third-order valence-electron chi connectivity index (χ3n) is 3.21. The molecular weight excluding hydrogens is 332 g/mol. The number of nitrogens with two attached hydrogens (primary N) is 1. The summed E-state index contributed by atoms with van der Waals surface area (Å²) in [5.74, 6) is 0.293. The van der Waals surface area contributed by atoms with Crippen LogP contribution in [0, 0.1) is 13.8 Å². The summed E-state index contributed by atoms with van der Waals surface area (Å²) in [6.07, 6.45) is 0. The number of nitrogen functional groups attached to an aromatic ring is 1. The summed E-state index contributed by atoms with van der Waals surface area (Å²) in [5.41, 5.74) is 10.8. The molecule has 21 heavy (non-hydrogen) atoms. The molecule has 0 bridgehead atoms. The number of hydrogen-bond acceptors (Lipinski definition) is 5. The smallest absolute Gasteiger partial charge is 0.230 e. The van der Waals surface area contributed by atoms with Gasteiger partial charge in [0.2, 0.25) is 5.88 Å². The first-order valence-corrected chi connectivity index (χ1v) is 7.18. The minimum absolute atomic E-state index is 0.293. The van der Waals surface area contributed by atoms with Gasteiger partial charge in [0.1, 0.15) is 5.69 Å². The molecule has 2 aromatic heterocycles. The first-order valence-electron chi connectivity index (χ1n) is 6.38. The molecule has 0 amide bonds. The molecule has 0 unspecified atom stereocenters. The minimum atomic E-state index is 0.293. The molecule has 0 atom stereocenters. The highest BCUT2D eigenvalue weighted by Crippen LogP contribution is 2.37. The van der Waals surface area contributed by atoms with Gasteiger partial charge in [0.15, 0.2) is 0 Å². The molecule has 6 heteroatoms. The lowest BCUT2D eigenvalue weighted by Crippen LogP contribution is -1.95. The Morgan fingerprint density at radius 2 is 1.81 bits per heavy atom. The van der Waals surface area contributed by atoms with Crippen LogP contribution in [-0.2, 0) is 0 Å². The molecule has 3 aromatic rings. The lowest BCUT2D eigenvalue weighted by molar-refractivity contribution is 0.439. The lowest BCUT2D eigenvalue weighted by atomic mass is 10.0. The van der Waals surface area contributed by atoms with Crippen LogP contribution >= 0.6 is 15.9 Å². The molecule has 3 rings (SSSR count). The van der Waals surface area contributed by atoms with Crippen LogP contribution in [0.4, 0.5) is 5.88 Å².